The lowest BCUT2D eigenvalue weighted by Gasteiger charge is -2.32. The van der Waals surface area contributed by atoms with Gasteiger partial charge in [-0.25, -0.2) is 0 Å². The van der Waals surface area contributed by atoms with E-state index in [0.29, 0.717) is 6.04 Å². The van der Waals surface area contributed by atoms with E-state index in [0.717, 1.165) is 11.8 Å². The summed E-state index contributed by atoms with van der Waals surface area (Å²) in [7, 11) is 2.10. The first-order valence-electron chi connectivity index (χ1n) is 6.55. The number of aryl methyl sites for hydroxylation is 1. The van der Waals surface area contributed by atoms with Gasteiger partial charge in [0.1, 0.15) is 0 Å². The van der Waals surface area contributed by atoms with Crippen LogP contribution in [0.1, 0.15) is 49.1 Å². The zero-order valence-corrected chi connectivity index (χ0v) is 13.3. The Bertz CT molecular complexity index is 347. The van der Waals surface area contributed by atoms with Gasteiger partial charge in [-0.05, 0) is 66.2 Å². The highest BCUT2D eigenvalue weighted by atomic mass is 79.9. The average Bonchev–Trinajstić information content (AvgIpc) is 2.63. The summed E-state index contributed by atoms with van der Waals surface area (Å²) < 4.78 is 1.29. The lowest BCUT2D eigenvalue weighted by molar-refractivity contribution is 0.240. The van der Waals surface area contributed by atoms with Gasteiger partial charge in [-0.2, -0.15) is 0 Å². The number of hydrogen-bond donors (Lipinski definition) is 1. The monoisotopic (exact) mass is 315 g/mol. The Morgan fingerprint density at radius 1 is 1.35 bits per heavy atom. The van der Waals surface area contributed by atoms with Crippen LogP contribution in [0.3, 0.4) is 0 Å². The molecular formula is C14H22BrNS. The average molecular weight is 316 g/mol. The van der Waals surface area contributed by atoms with Gasteiger partial charge >= 0.3 is 0 Å². The van der Waals surface area contributed by atoms with Crippen molar-refractivity contribution in [3.05, 3.63) is 20.3 Å². The first-order valence-corrected chi connectivity index (χ1v) is 8.16. The molecule has 96 valence electrons. The molecule has 1 aliphatic rings. The molecule has 1 unspecified atom stereocenters. The molecule has 1 atom stereocenters. The van der Waals surface area contributed by atoms with Crippen molar-refractivity contribution in [2.75, 3.05) is 7.05 Å². The molecule has 3 heteroatoms. The summed E-state index contributed by atoms with van der Waals surface area (Å²) in [5.74, 6) is 1.75. The summed E-state index contributed by atoms with van der Waals surface area (Å²) in [5, 5.41) is 3.53. The molecule has 0 radical (unpaired) electrons. The second-order valence-corrected chi connectivity index (χ2v) is 7.79. The summed E-state index contributed by atoms with van der Waals surface area (Å²) in [6, 6.07) is 2.89. The zero-order chi connectivity index (χ0) is 12.4. The molecule has 17 heavy (non-hydrogen) atoms. The lowest BCUT2D eigenvalue weighted by Crippen LogP contribution is -2.27. The van der Waals surface area contributed by atoms with Crippen molar-refractivity contribution >= 4 is 27.3 Å². The van der Waals surface area contributed by atoms with Crippen LogP contribution in [0.25, 0.3) is 0 Å². The normalized spacial score (nSPS) is 27.1. The molecule has 1 fully saturated rings. The summed E-state index contributed by atoms with van der Waals surface area (Å²) in [6.45, 7) is 4.57. The fourth-order valence-corrected chi connectivity index (χ4v) is 4.64. The number of hydrogen-bond acceptors (Lipinski definition) is 2. The Morgan fingerprint density at radius 3 is 2.47 bits per heavy atom. The summed E-state index contributed by atoms with van der Waals surface area (Å²) >= 11 is 5.53. The maximum absolute atomic E-state index is 3.64. The van der Waals surface area contributed by atoms with Crippen molar-refractivity contribution in [3.63, 3.8) is 0 Å². The summed E-state index contributed by atoms with van der Waals surface area (Å²) in [5.41, 5.74) is 1.37. The van der Waals surface area contributed by atoms with Gasteiger partial charge in [0.25, 0.3) is 0 Å². The van der Waals surface area contributed by atoms with Gasteiger partial charge in [0, 0.05) is 10.9 Å². The largest absolute Gasteiger partial charge is 0.312 e. The van der Waals surface area contributed by atoms with E-state index >= 15 is 0 Å². The third-order valence-corrected chi connectivity index (χ3v) is 6.25. The minimum absolute atomic E-state index is 0.553. The Hall–Kier alpha value is 0.140. The SMILES string of the molecule is CNC(c1cc(C)c(Br)s1)C1CCC(C)CC1. The topological polar surface area (TPSA) is 12.0 Å². The Kier molecular flexibility index (Phi) is 4.67. The van der Waals surface area contributed by atoms with Gasteiger partial charge in [0.2, 0.25) is 0 Å². The van der Waals surface area contributed by atoms with Crippen LogP contribution in [0.5, 0.6) is 0 Å². The molecule has 0 aliphatic heterocycles. The van der Waals surface area contributed by atoms with Gasteiger partial charge in [-0.1, -0.05) is 19.8 Å². The maximum Gasteiger partial charge on any atom is 0.0731 e. The molecule has 1 N–H and O–H groups in total. The molecule has 1 aromatic heterocycles. The molecule has 1 aliphatic carbocycles. The predicted molar refractivity (Wildman–Crippen MR) is 79.7 cm³/mol. The first kappa shape index (κ1) is 13.6. The van der Waals surface area contributed by atoms with Gasteiger partial charge < -0.3 is 5.32 Å². The molecule has 0 bridgehead atoms. The highest BCUT2D eigenvalue weighted by molar-refractivity contribution is 9.11. The molecule has 0 spiro atoms. The van der Waals surface area contributed by atoms with Crippen LogP contribution in [-0.2, 0) is 0 Å². The van der Waals surface area contributed by atoms with Crippen molar-refractivity contribution in [3.8, 4) is 0 Å². The maximum atomic E-state index is 3.64. The summed E-state index contributed by atoms with van der Waals surface area (Å²) in [4.78, 5) is 1.50. The standard InChI is InChI=1S/C14H22BrNS/c1-9-4-6-11(7-5-9)13(16-3)12-8-10(2)14(15)17-12/h8-9,11,13,16H,4-7H2,1-3H3. The second kappa shape index (κ2) is 5.85. The predicted octanol–water partition coefficient (Wildman–Crippen LogP) is 4.91. The van der Waals surface area contributed by atoms with E-state index in [1.165, 1.54) is 39.9 Å². The van der Waals surface area contributed by atoms with Gasteiger partial charge in [0.05, 0.1) is 3.79 Å². The summed E-state index contributed by atoms with van der Waals surface area (Å²) in [6.07, 6.45) is 5.55. The Morgan fingerprint density at radius 2 is 2.00 bits per heavy atom. The third kappa shape index (κ3) is 3.12. The van der Waals surface area contributed by atoms with E-state index in [4.69, 9.17) is 0 Å². The van der Waals surface area contributed by atoms with Gasteiger partial charge in [0.15, 0.2) is 0 Å². The van der Waals surface area contributed by atoms with Crippen LogP contribution in [-0.4, -0.2) is 7.05 Å². The Balaban J connectivity index is 2.10. The van der Waals surface area contributed by atoms with Crippen molar-refractivity contribution in [2.24, 2.45) is 11.8 Å². The van der Waals surface area contributed by atoms with Gasteiger partial charge in [-0.15, -0.1) is 11.3 Å². The van der Waals surface area contributed by atoms with Crippen LogP contribution in [0.4, 0.5) is 0 Å². The molecule has 1 aromatic rings. The lowest BCUT2D eigenvalue weighted by atomic mass is 9.79. The van der Waals surface area contributed by atoms with E-state index in [2.05, 4.69) is 48.2 Å². The van der Waals surface area contributed by atoms with Crippen LogP contribution in [0, 0.1) is 18.8 Å². The molecule has 0 aromatic carbocycles. The molecule has 0 amide bonds. The van der Waals surface area contributed by atoms with E-state index in [-0.39, 0.29) is 0 Å². The van der Waals surface area contributed by atoms with E-state index in [1.54, 1.807) is 0 Å². The van der Waals surface area contributed by atoms with Crippen molar-refractivity contribution in [2.45, 2.75) is 45.6 Å². The number of nitrogens with one attached hydrogen (secondary N) is 1. The molecule has 2 rings (SSSR count). The quantitative estimate of drug-likeness (QED) is 0.836. The van der Waals surface area contributed by atoms with Gasteiger partial charge in [-0.3, -0.25) is 0 Å². The minimum atomic E-state index is 0.553. The fourth-order valence-electron chi connectivity index (χ4n) is 2.87. The highest BCUT2D eigenvalue weighted by Gasteiger charge is 2.27. The smallest absolute Gasteiger partial charge is 0.0731 e. The second-order valence-electron chi connectivity index (χ2n) is 5.39. The van der Waals surface area contributed by atoms with E-state index < -0.39 is 0 Å². The van der Waals surface area contributed by atoms with E-state index in [9.17, 15) is 0 Å². The molecule has 1 nitrogen and oxygen atoms in total. The highest BCUT2D eigenvalue weighted by Crippen LogP contribution is 2.40. The molecule has 1 heterocycles. The first-order chi connectivity index (χ1) is 8.11. The molecule has 0 saturated heterocycles. The molecular weight excluding hydrogens is 294 g/mol. The zero-order valence-electron chi connectivity index (χ0n) is 10.9. The van der Waals surface area contributed by atoms with Crippen LogP contribution < -0.4 is 5.32 Å². The molecule has 1 saturated carbocycles. The van der Waals surface area contributed by atoms with Crippen molar-refractivity contribution < 1.29 is 0 Å². The van der Waals surface area contributed by atoms with Crippen LogP contribution in [0.2, 0.25) is 0 Å². The minimum Gasteiger partial charge on any atom is -0.312 e. The van der Waals surface area contributed by atoms with E-state index in [1.807, 2.05) is 11.3 Å². The van der Waals surface area contributed by atoms with Crippen molar-refractivity contribution in [1.29, 1.82) is 0 Å². The number of halogens is 1. The fraction of sp³-hybridized carbons (Fsp3) is 0.714. The van der Waals surface area contributed by atoms with Crippen LogP contribution >= 0.6 is 27.3 Å². The number of thiophene rings is 1. The number of rotatable bonds is 3. The third-order valence-electron chi connectivity index (χ3n) is 4.03. The van der Waals surface area contributed by atoms with Crippen LogP contribution in [0.15, 0.2) is 9.85 Å². The van der Waals surface area contributed by atoms with Crippen molar-refractivity contribution in [1.82, 2.24) is 5.32 Å². The Labute approximate surface area is 117 Å².